The maximum Gasteiger partial charge on any atom is 0.324 e. The summed E-state index contributed by atoms with van der Waals surface area (Å²) in [6.07, 6.45) is 6.56. The number of hydrogen-bond acceptors (Lipinski definition) is 4. The molecule has 0 bridgehead atoms. The molecule has 0 spiro atoms. The topological polar surface area (TPSA) is 52.6 Å². The molecule has 0 saturated heterocycles. The molecule has 0 aromatic carbocycles. The van der Waals surface area contributed by atoms with E-state index in [-0.39, 0.29) is 35.6 Å². The van der Waals surface area contributed by atoms with E-state index in [1.807, 2.05) is 41.5 Å². The van der Waals surface area contributed by atoms with Crippen molar-refractivity contribution in [1.29, 1.82) is 0 Å². The van der Waals surface area contributed by atoms with Crippen LogP contribution in [0.3, 0.4) is 0 Å². The van der Waals surface area contributed by atoms with Gasteiger partial charge in [0.1, 0.15) is 0 Å². The van der Waals surface area contributed by atoms with Crippen LogP contribution in [0.15, 0.2) is 0 Å². The minimum Gasteiger partial charge on any atom is -0.465 e. The number of hydrogen-bond donors (Lipinski definition) is 0. The summed E-state index contributed by atoms with van der Waals surface area (Å²) < 4.78 is 11.4. The van der Waals surface area contributed by atoms with E-state index in [1.165, 1.54) is 19.3 Å². The number of carbonyl (C=O) groups is 2. The highest BCUT2D eigenvalue weighted by molar-refractivity contribution is 6.01. The van der Waals surface area contributed by atoms with Gasteiger partial charge in [-0.1, -0.05) is 87.0 Å². The second-order valence-electron chi connectivity index (χ2n) is 9.42. The lowest BCUT2D eigenvalue weighted by Crippen LogP contribution is -2.54. The highest BCUT2D eigenvalue weighted by Crippen LogP contribution is 2.48. The fourth-order valence-electron chi connectivity index (χ4n) is 4.57. The standard InChI is InChI=1S/C23H42O4/c1-8-20(19-12-10-9-11-13-19)23(18(6)7,21(24)26-14-16(2)3)22(25)27-15-17(4)5/h16-20H,8-15H2,1-7H3. The molecule has 4 heteroatoms. The van der Waals surface area contributed by atoms with Crippen LogP contribution in [0.4, 0.5) is 0 Å². The molecule has 1 unspecified atom stereocenters. The molecule has 0 aromatic rings. The Labute approximate surface area is 166 Å². The highest BCUT2D eigenvalue weighted by atomic mass is 16.6. The van der Waals surface area contributed by atoms with Crippen molar-refractivity contribution < 1.29 is 19.1 Å². The van der Waals surface area contributed by atoms with Gasteiger partial charge in [0.05, 0.1) is 13.2 Å². The van der Waals surface area contributed by atoms with Crippen LogP contribution in [0.25, 0.3) is 0 Å². The monoisotopic (exact) mass is 382 g/mol. The number of rotatable bonds is 10. The Hall–Kier alpha value is -1.06. The molecular formula is C23H42O4. The Kier molecular flexibility index (Phi) is 9.83. The summed E-state index contributed by atoms with van der Waals surface area (Å²) in [5, 5.41) is 0. The maximum absolute atomic E-state index is 13.4. The Morgan fingerprint density at radius 3 is 1.63 bits per heavy atom. The van der Waals surface area contributed by atoms with Gasteiger partial charge >= 0.3 is 11.9 Å². The van der Waals surface area contributed by atoms with E-state index >= 15 is 0 Å². The van der Waals surface area contributed by atoms with Crippen molar-refractivity contribution in [2.75, 3.05) is 13.2 Å². The molecular weight excluding hydrogens is 340 g/mol. The summed E-state index contributed by atoms with van der Waals surface area (Å²) in [7, 11) is 0. The largest absolute Gasteiger partial charge is 0.465 e. The summed E-state index contributed by atoms with van der Waals surface area (Å²) in [6, 6.07) is 0. The summed E-state index contributed by atoms with van der Waals surface area (Å²) in [4.78, 5) is 26.8. The zero-order valence-electron chi connectivity index (χ0n) is 18.7. The van der Waals surface area contributed by atoms with Crippen molar-refractivity contribution in [3.8, 4) is 0 Å². The smallest absolute Gasteiger partial charge is 0.324 e. The first kappa shape index (κ1) is 24.0. The van der Waals surface area contributed by atoms with Crippen LogP contribution in [0.1, 0.15) is 87.0 Å². The van der Waals surface area contributed by atoms with E-state index < -0.39 is 5.41 Å². The summed E-state index contributed by atoms with van der Waals surface area (Å²) in [6.45, 7) is 14.8. The lowest BCUT2D eigenvalue weighted by atomic mass is 9.59. The van der Waals surface area contributed by atoms with E-state index in [0.29, 0.717) is 19.1 Å². The van der Waals surface area contributed by atoms with Gasteiger partial charge < -0.3 is 9.47 Å². The first-order valence-electron chi connectivity index (χ1n) is 11.0. The van der Waals surface area contributed by atoms with Crippen LogP contribution in [0.5, 0.6) is 0 Å². The van der Waals surface area contributed by atoms with Gasteiger partial charge in [-0.05, 0) is 29.6 Å². The normalized spacial score (nSPS) is 17.4. The van der Waals surface area contributed by atoms with Crippen LogP contribution in [0.2, 0.25) is 0 Å². The van der Waals surface area contributed by atoms with Crippen molar-refractivity contribution >= 4 is 11.9 Å². The molecule has 4 nitrogen and oxygen atoms in total. The SMILES string of the molecule is CCC(C1CCCCC1)C(C(=O)OCC(C)C)(C(=O)OCC(C)C)C(C)C. The van der Waals surface area contributed by atoms with Crippen LogP contribution >= 0.6 is 0 Å². The quantitative estimate of drug-likeness (QED) is 0.363. The lowest BCUT2D eigenvalue weighted by molar-refractivity contribution is -0.186. The first-order valence-corrected chi connectivity index (χ1v) is 11.0. The number of carbonyl (C=O) groups excluding carboxylic acids is 2. The van der Waals surface area contributed by atoms with Crippen LogP contribution in [0, 0.1) is 35.0 Å². The fraction of sp³-hybridized carbons (Fsp3) is 0.913. The van der Waals surface area contributed by atoms with Crippen LogP contribution in [-0.2, 0) is 19.1 Å². The van der Waals surface area contributed by atoms with Crippen LogP contribution < -0.4 is 0 Å². The van der Waals surface area contributed by atoms with Crippen LogP contribution in [-0.4, -0.2) is 25.2 Å². The van der Waals surface area contributed by atoms with Crippen molar-refractivity contribution in [1.82, 2.24) is 0 Å². The number of esters is 2. The van der Waals surface area contributed by atoms with Crippen molar-refractivity contribution in [3.63, 3.8) is 0 Å². The fourth-order valence-corrected chi connectivity index (χ4v) is 4.57. The van der Waals surface area contributed by atoms with Gasteiger partial charge in [0.2, 0.25) is 0 Å². The van der Waals surface area contributed by atoms with E-state index in [4.69, 9.17) is 9.47 Å². The summed E-state index contributed by atoms with van der Waals surface area (Å²) in [5.41, 5.74) is -1.21. The molecule has 0 heterocycles. The van der Waals surface area contributed by atoms with Gasteiger partial charge in [-0.3, -0.25) is 9.59 Å². The average molecular weight is 383 g/mol. The zero-order chi connectivity index (χ0) is 20.6. The molecule has 0 radical (unpaired) electrons. The Morgan fingerprint density at radius 2 is 1.30 bits per heavy atom. The third kappa shape index (κ3) is 5.96. The van der Waals surface area contributed by atoms with E-state index in [0.717, 1.165) is 19.3 Å². The van der Waals surface area contributed by atoms with Gasteiger partial charge in [-0.15, -0.1) is 0 Å². The third-order valence-electron chi connectivity index (χ3n) is 5.93. The minimum atomic E-state index is -1.21. The van der Waals surface area contributed by atoms with E-state index in [9.17, 15) is 9.59 Å². The van der Waals surface area contributed by atoms with E-state index in [2.05, 4.69) is 6.92 Å². The maximum atomic E-state index is 13.4. The predicted octanol–water partition coefficient (Wildman–Crippen LogP) is 5.63. The summed E-state index contributed by atoms with van der Waals surface area (Å²) >= 11 is 0. The second-order valence-corrected chi connectivity index (χ2v) is 9.42. The molecule has 1 aliphatic rings. The van der Waals surface area contributed by atoms with Crippen molar-refractivity contribution in [2.24, 2.45) is 35.0 Å². The molecule has 1 atom stereocenters. The molecule has 0 aliphatic heterocycles. The Morgan fingerprint density at radius 1 is 0.852 bits per heavy atom. The van der Waals surface area contributed by atoms with Gasteiger partial charge in [-0.25, -0.2) is 0 Å². The summed E-state index contributed by atoms with van der Waals surface area (Å²) in [5.74, 6) is -0.0968. The average Bonchev–Trinajstić information content (AvgIpc) is 2.62. The van der Waals surface area contributed by atoms with Gasteiger partial charge in [0, 0.05) is 0 Å². The molecule has 158 valence electrons. The van der Waals surface area contributed by atoms with Gasteiger partial charge in [0.15, 0.2) is 5.41 Å². The molecule has 1 saturated carbocycles. The zero-order valence-corrected chi connectivity index (χ0v) is 18.7. The molecule has 1 aliphatic carbocycles. The van der Waals surface area contributed by atoms with Crippen molar-refractivity contribution in [2.45, 2.75) is 87.0 Å². The molecule has 0 amide bonds. The van der Waals surface area contributed by atoms with Gasteiger partial charge in [-0.2, -0.15) is 0 Å². The molecule has 0 N–H and O–H groups in total. The first-order chi connectivity index (χ1) is 12.7. The van der Waals surface area contributed by atoms with Crippen molar-refractivity contribution in [3.05, 3.63) is 0 Å². The van der Waals surface area contributed by atoms with E-state index in [1.54, 1.807) is 0 Å². The Bertz CT molecular complexity index is 437. The molecule has 27 heavy (non-hydrogen) atoms. The number of ether oxygens (including phenoxy) is 2. The molecule has 1 fully saturated rings. The second kappa shape index (κ2) is 11.1. The Balaban J connectivity index is 3.30. The molecule has 1 rings (SSSR count). The minimum absolute atomic E-state index is 0.0304. The highest BCUT2D eigenvalue weighted by Gasteiger charge is 2.58. The van der Waals surface area contributed by atoms with Gasteiger partial charge in [0.25, 0.3) is 0 Å². The molecule has 0 aromatic heterocycles. The lowest BCUT2D eigenvalue weighted by Gasteiger charge is -2.44. The third-order valence-corrected chi connectivity index (χ3v) is 5.93. The predicted molar refractivity (Wildman–Crippen MR) is 109 cm³/mol.